The maximum Gasteiger partial charge on any atom is 0.0701 e. The number of aromatic nitrogens is 1. The molecular formula is C24H19N. The summed E-state index contributed by atoms with van der Waals surface area (Å²) in [4.78, 5) is 4.43. The zero-order valence-corrected chi connectivity index (χ0v) is 14.2. The van der Waals surface area contributed by atoms with Gasteiger partial charge in [-0.1, -0.05) is 78.9 Å². The van der Waals surface area contributed by atoms with Crippen LogP contribution in [0.5, 0.6) is 0 Å². The lowest BCUT2D eigenvalue weighted by atomic mass is 9.90. The molecule has 0 aliphatic carbocycles. The van der Waals surface area contributed by atoms with Crippen LogP contribution in [0.25, 0.3) is 33.5 Å². The van der Waals surface area contributed by atoms with Crippen LogP contribution in [0.3, 0.4) is 0 Å². The molecule has 4 aromatic rings. The number of nitrogens with zero attached hydrogens (tertiary/aromatic N) is 1. The van der Waals surface area contributed by atoms with Gasteiger partial charge in [-0.15, -0.1) is 0 Å². The van der Waals surface area contributed by atoms with E-state index < -0.39 is 0 Å². The predicted octanol–water partition coefficient (Wildman–Crippen LogP) is 6.39. The summed E-state index contributed by atoms with van der Waals surface area (Å²) >= 11 is 0. The molecule has 0 bridgehead atoms. The molecule has 1 aromatic heterocycles. The molecule has 25 heavy (non-hydrogen) atoms. The van der Waals surface area contributed by atoms with Gasteiger partial charge in [0.15, 0.2) is 0 Å². The zero-order valence-electron chi connectivity index (χ0n) is 14.2. The van der Waals surface area contributed by atoms with Gasteiger partial charge >= 0.3 is 0 Å². The Morgan fingerprint density at radius 1 is 0.560 bits per heavy atom. The lowest BCUT2D eigenvalue weighted by Gasteiger charge is -2.14. The van der Waals surface area contributed by atoms with Crippen molar-refractivity contribution in [3.8, 4) is 33.5 Å². The second-order valence-electron chi connectivity index (χ2n) is 6.16. The Kier molecular flexibility index (Phi) is 4.14. The average molecular weight is 321 g/mol. The quantitative estimate of drug-likeness (QED) is 0.426. The molecule has 0 N–H and O–H groups in total. The van der Waals surface area contributed by atoms with E-state index >= 15 is 0 Å². The summed E-state index contributed by atoms with van der Waals surface area (Å²) < 4.78 is 0. The van der Waals surface area contributed by atoms with Crippen molar-refractivity contribution in [1.82, 2.24) is 4.98 Å². The van der Waals surface area contributed by atoms with Gasteiger partial charge in [-0.25, -0.2) is 0 Å². The highest BCUT2D eigenvalue weighted by atomic mass is 14.7. The van der Waals surface area contributed by atoms with Crippen LogP contribution in [0.2, 0.25) is 0 Å². The third kappa shape index (κ3) is 3.09. The first-order valence-electron chi connectivity index (χ1n) is 8.50. The second-order valence-corrected chi connectivity index (χ2v) is 6.16. The highest BCUT2D eigenvalue weighted by Crippen LogP contribution is 2.35. The van der Waals surface area contributed by atoms with Gasteiger partial charge < -0.3 is 0 Å². The lowest BCUT2D eigenvalue weighted by molar-refractivity contribution is 1.33. The SMILES string of the molecule is Cc1cccc(-c2ccc(-c3ccccn3)cc2)c1-c1ccccc1. The topological polar surface area (TPSA) is 12.9 Å². The minimum atomic E-state index is 1.00. The van der Waals surface area contributed by atoms with Gasteiger partial charge in [-0.3, -0.25) is 4.98 Å². The standard InChI is InChI=1S/C24H19N/c1-18-8-7-11-22(24(18)21-9-3-2-4-10-21)19-13-15-20(16-14-19)23-12-5-6-17-25-23/h2-17H,1H3. The molecule has 0 amide bonds. The third-order valence-electron chi connectivity index (χ3n) is 4.49. The number of hydrogen-bond acceptors (Lipinski definition) is 1. The number of rotatable bonds is 3. The van der Waals surface area contributed by atoms with Crippen molar-refractivity contribution in [3.05, 3.63) is 103 Å². The molecule has 3 aromatic carbocycles. The Balaban J connectivity index is 1.80. The minimum absolute atomic E-state index is 1.00. The van der Waals surface area contributed by atoms with E-state index in [9.17, 15) is 0 Å². The van der Waals surface area contributed by atoms with Gasteiger partial charge in [-0.05, 0) is 46.9 Å². The van der Waals surface area contributed by atoms with Crippen LogP contribution in [0.1, 0.15) is 5.56 Å². The van der Waals surface area contributed by atoms with Crippen LogP contribution in [0, 0.1) is 6.92 Å². The van der Waals surface area contributed by atoms with Crippen molar-refractivity contribution in [2.24, 2.45) is 0 Å². The van der Waals surface area contributed by atoms with Crippen molar-refractivity contribution >= 4 is 0 Å². The summed E-state index contributed by atoms with van der Waals surface area (Å²) in [6.45, 7) is 2.17. The van der Waals surface area contributed by atoms with Crippen molar-refractivity contribution in [2.45, 2.75) is 6.92 Å². The maximum absolute atomic E-state index is 4.43. The Hall–Kier alpha value is -3.19. The molecule has 4 rings (SSSR count). The monoisotopic (exact) mass is 321 g/mol. The van der Waals surface area contributed by atoms with Gasteiger partial charge in [-0.2, -0.15) is 0 Å². The molecule has 0 spiro atoms. The van der Waals surface area contributed by atoms with Crippen molar-refractivity contribution in [2.75, 3.05) is 0 Å². The Labute approximate surface area is 148 Å². The normalized spacial score (nSPS) is 10.6. The molecule has 0 aliphatic heterocycles. The molecule has 1 heterocycles. The summed E-state index contributed by atoms with van der Waals surface area (Å²) in [6.07, 6.45) is 1.83. The summed E-state index contributed by atoms with van der Waals surface area (Å²) in [6, 6.07) is 31.8. The first kappa shape index (κ1) is 15.3. The fourth-order valence-electron chi connectivity index (χ4n) is 3.25. The van der Waals surface area contributed by atoms with Crippen molar-refractivity contribution in [3.63, 3.8) is 0 Å². The van der Waals surface area contributed by atoms with Gasteiger partial charge in [0, 0.05) is 11.8 Å². The first-order valence-corrected chi connectivity index (χ1v) is 8.50. The fraction of sp³-hybridized carbons (Fsp3) is 0.0417. The van der Waals surface area contributed by atoms with E-state index in [0.717, 1.165) is 11.3 Å². The van der Waals surface area contributed by atoms with E-state index in [-0.39, 0.29) is 0 Å². The summed E-state index contributed by atoms with van der Waals surface area (Å²) in [5.74, 6) is 0. The fourth-order valence-corrected chi connectivity index (χ4v) is 3.25. The zero-order chi connectivity index (χ0) is 17.1. The van der Waals surface area contributed by atoms with E-state index in [4.69, 9.17) is 0 Å². The van der Waals surface area contributed by atoms with E-state index in [1.54, 1.807) is 0 Å². The number of benzene rings is 3. The van der Waals surface area contributed by atoms with E-state index in [1.165, 1.54) is 27.8 Å². The van der Waals surface area contributed by atoms with Crippen LogP contribution >= 0.6 is 0 Å². The Morgan fingerprint density at radius 2 is 1.28 bits per heavy atom. The molecule has 0 unspecified atom stereocenters. The van der Waals surface area contributed by atoms with Crippen molar-refractivity contribution < 1.29 is 0 Å². The van der Waals surface area contributed by atoms with Crippen LogP contribution in [0.4, 0.5) is 0 Å². The van der Waals surface area contributed by atoms with E-state index in [1.807, 2.05) is 24.4 Å². The summed E-state index contributed by atoms with van der Waals surface area (Å²) in [7, 11) is 0. The highest BCUT2D eigenvalue weighted by Gasteiger charge is 2.10. The van der Waals surface area contributed by atoms with Crippen LogP contribution < -0.4 is 0 Å². The van der Waals surface area contributed by atoms with E-state index in [2.05, 4.69) is 84.7 Å². The third-order valence-corrected chi connectivity index (χ3v) is 4.49. The summed E-state index contributed by atoms with van der Waals surface area (Å²) in [5, 5.41) is 0. The molecule has 1 heteroatoms. The summed E-state index contributed by atoms with van der Waals surface area (Å²) in [5.41, 5.74) is 8.47. The largest absolute Gasteiger partial charge is 0.256 e. The smallest absolute Gasteiger partial charge is 0.0701 e. The van der Waals surface area contributed by atoms with Gasteiger partial charge in [0.05, 0.1) is 5.69 Å². The Bertz CT molecular complexity index is 971. The Morgan fingerprint density at radius 3 is 2.00 bits per heavy atom. The number of aryl methyl sites for hydroxylation is 1. The molecule has 0 saturated heterocycles. The average Bonchev–Trinajstić information content (AvgIpc) is 2.69. The van der Waals surface area contributed by atoms with Gasteiger partial charge in [0.1, 0.15) is 0 Å². The molecule has 0 atom stereocenters. The molecule has 0 radical (unpaired) electrons. The van der Waals surface area contributed by atoms with Crippen LogP contribution in [0.15, 0.2) is 97.2 Å². The molecule has 0 fully saturated rings. The van der Waals surface area contributed by atoms with Crippen LogP contribution in [-0.4, -0.2) is 4.98 Å². The highest BCUT2D eigenvalue weighted by molar-refractivity contribution is 5.86. The lowest BCUT2D eigenvalue weighted by Crippen LogP contribution is -1.89. The second kappa shape index (κ2) is 6.74. The van der Waals surface area contributed by atoms with E-state index in [0.29, 0.717) is 0 Å². The van der Waals surface area contributed by atoms with Gasteiger partial charge in [0.2, 0.25) is 0 Å². The maximum atomic E-state index is 4.43. The first-order chi connectivity index (χ1) is 12.3. The number of pyridine rings is 1. The minimum Gasteiger partial charge on any atom is -0.256 e. The predicted molar refractivity (Wildman–Crippen MR) is 105 cm³/mol. The molecular weight excluding hydrogens is 302 g/mol. The molecule has 120 valence electrons. The number of hydrogen-bond donors (Lipinski definition) is 0. The molecule has 1 nitrogen and oxygen atoms in total. The van der Waals surface area contributed by atoms with Crippen molar-refractivity contribution in [1.29, 1.82) is 0 Å². The van der Waals surface area contributed by atoms with Crippen LogP contribution in [-0.2, 0) is 0 Å². The molecule has 0 saturated carbocycles. The van der Waals surface area contributed by atoms with Gasteiger partial charge in [0.25, 0.3) is 0 Å². The molecule has 0 aliphatic rings.